The minimum Gasteiger partial charge on any atom is -0.396 e. The first kappa shape index (κ1) is 11.0. The second-order valence-electron chi connectivity index (χ2n) is 4.11. The second kappa shape index (κ2) is 5.58. The molecule has 3 N–H and O–H groups in total. The highest BCUT2D eigenvalue weighted by molar-refractivity contribution is 4.77. The summed E-state index contributed by atoms with van der Waals surface area (Å²) in [6.07, 6.45) is 4.09. The van der Waals surface area contributed by atoms with Gasteiger partial charge in [0.25, 0.3) is 0 Å². The Labute approximate surface area is 80.2 Å². The summed E-state index contributed by atoms with van der Waals surface area (Å²) in [5.74, 6) is 0.00345. The molecule has 1 aliphatic heterocycles. The van der Waals surface area contributed by atoms with Crippen LogP contribution in [0.15, 0.2) is 0 Å². The minimum atomic E-state index is -0.361. The fraction of sp³-hybridized carbons (Fsp3) is 1.00. The molecule has 0 radical (unpaired) electrons. The molecule has 3 atom stereocenters. The van der Waals surface area contributed by atoms with E-state index in [1.165, 1.54) is 12.8 Å². The van der Waals surface area contributed by atoms with Gasteiger partial charge < -0.3 is 15.5 Å². The zero-order chi connectivity index (χ0) is 9.68. The van der Waals surface area contributed by atoms with Crippen LogP contribution in [0.4, 0.5) is 0 Å². The van der Waals surface area contributed by atoms with E-state index in [1.54, 1.807) is 0 Å². The molecule has 3 unspecified atom stereocenters. The maximum absolute atomic E-state index is 9.67. The molecule has 0 aromatic heterocycles. The van der Waals surface area contributed by atoms with Crippen molar-refractivity contribution in [1.29, 1.82) is 0 Å². The first-order valence-corrected chi connectivity index (χ1v) is 5.26. The van der Waals surface area contributed by atoms with Crippen molar-refractivity contribution in [2.45, 2.75) is 44.8 Å². The van der Waals surface area contributed by atoms with Gasteiger partial charge >= 0.3 is 0 Å². The van der Waals surface area contributed by atoms with Gasteiger partial charge in [-0.25, -0.2) is 0 Å². The van der Waals surface area contributed by atoms with Crippen LogP contribution in [0.2, 0.25) is 0 Å². The summed E-state index contributed by atoms with van der Waals surface area (Å²) in [7, 11) is 0. The molecule has 1 rings (SSSR count). The van der Waals surface area contributed by atoms with Gasteiger partial charge in [0, 0.05) is 18.6 Å². The molecule has 0 bridgehead atoms. The van der Waals surface area contributed by atoms with Crippen LogP contribution in [0.5, 0.6) is 0 Å². The van der Waals surface area contributed by atoms with Gasteiger partial charge in [-0.05, 0) is 25.8 Å². The molecule has 3 heteroatoms. The quantitative estimate of drug-likeness (QED) is 0.601. The van der Waals surface area contributed by atoms with Crippen LogP contribution in [0.3, 0.4) is 0 Å². The van der Waals surface area contributed by atoms with E-state index in [9.17, 15) is 5.11 Å². The smallest absolute Gasteiger partial charge is 0.0602 e. The van der Waals surface area contributed by atoms with Crippen LogP contribution in [-0.2, 0) is 0 Å². The molecule has 1 fully saturated rings. The van der Waals surface area contributed by atoms with E-state index >= 15 is 0 Å². The Kier molecular flexibility index (Phi) is 4.70. The Morgan fingerprint density at radius 2 is 2.23 bits per heavy atom. The highest BCUT2D eigenvalue weighted by Crippen LogP contribution is 2.15. The standard InChI is InChI=1S/C10H21NO2/c1-8(7-12)10(13)6-9-4-2-3-5-11-9/h8-13H,2-7H2,1H3. The molecule has 0 aliphatic carbocycles. The lowest BCUT2D eigenvalue weighted by atomic mass is 9.94. The van der Waals surface area contributed by atoms with E-state index < -0.39 is 0 Å². The largest absolute Gasteiger partial charge is 0.396 e. The maximum atomic E-state index is 9.67. The van der Waals surface area contributed by atoms with Gasteiger partial charge in [-0.15, -0.1) is 0 Å². The van der Waals surface area contributed by atoms with Crippen LogP contribution in [0, 0.1) is 5.92 Å². The van der Waals surface area contributed by atoms with Gasteiger partial charge in [-0.3, -0.25) is 0 Å². The van der Waals surface area contributed by atoms with Crippen LogP contribution in [0.1, 0.15) is 32.6 Å². The van der Waals surface area contributed by atoms with E-state index in [-0.39, 0.29) is 18.6 Å². The summed E-state index contributed by atoms with van der Waals surface area (Å²) in [5.41, 5.74) is 0. The van der Waals surface area contributed by atoms with Gasteiger partial charge in [0.05, 0.1) is 6.10 Å². The summed E-state index contributed by atoms with van der Waals surface area (Å²) in [5, 5.41) is 21.9. The Morgan fingerprint density at radius 1 is 1.46 bits per heavy atom. The Balaban J connectivity index is 2.21. The summed E-state index contributed by atoms with van der Waals surface area (Å²) < 4.78 is 0. The third-order valence-corrected chi connectivity index (χ3v) is 2.88. The summed E-state index contributed by atoms with van der Waals surface area (Å²) >= 11 is 0. The van der Waals surface area contributed by atoms with E-state index in [4.69, 9.17) is 5.11 Å². The minimum absolute atomic E-state index is 0.00345. The van der Waals surface area contributed by atoms with Gasteiger partial charge in [-0.2, -0.15) is 0 Å². The van der Waals surface area contributed by atoms with Crippen molar-refractivity contribution in [1.82, 2.24) is 5.32 Å². The van der Waals surface area contributed by atoms with Crippen LogP contribution >= 0.6 is 0 Å². The molecular formula is C10H21NO2. The van der Waals surface area contributed by atoms with Crippen molar-refractivity contribution in [2.24, 2.45) is 5.92 Å². The third kappa shape index (κ3) is 3.63. The summed E-state index contributed by atoms with van der Waals surface area (Å²) in [6.45, 7) is 3.03. The van der Waals surface area contributed by atoms with Crippen LogP contribution in [-0.4, -0.2) is 35.5 Å². The molecule has 0 aromatic rings. The molecule has 0 amide bonds. The molecule has 1 saturated heterocycles. The van der Waals surface area contributed by atoms with Crippen molar-refractivity contribution in [2.75, 3.05) is 13.2 Å². The van der Waals surface area contributed by atoms with E-state index in [2.05, 4.69) is 5.32 Å². The molecular weight excluding hydrogens is 166 g/mol. The number of rotatable bonds is 4. The highest BCUT2D eigenvalue weighted by atomic mass is 16.3. The fourth-order valence-corrected chi connectivity index (χ4v) is 1.77. The van der Waals surface area contributed by atoms with Crippen molar-refractivity contribution in [3.05, 3.63) is 0 Å². The van der Waals surface area contributed by atoms with Crippen molar-refractivity contribution in [3.8, 4) is 0 Å². The predicted octanol–water partition coefficient (Wildman–Crippen LogP) is 0.508. The summed E-state index contributed by atoms with van der Waals surface area (Å²) in [4.78, 5) is 0. The summed E-state index contributed by atoms with van der Waals surface area (Å²) in [6, 6.07) is 0.456. The average Bonchev–Trinajstić information content (AvgIpc) is 2.18. The zero-order valence-electron chi connectivity index (χ0n) is 8.37. The Hall–Kier alpha value is -0.120. The number of hydrogen-bond acceptors (Lipinski definition) is 3. The Morgan fingerprint density at radius 3 is 2.77 bits per heavy atom. The van der Waals surface area contributed by atoms with E-state index in [1.807, 2.05) is 6.92 Å². The van der Waals surface area contributed by atoms with Crippen molar-refractivity contribution in [3.63, 3.8) is 0 Å². The fourth-order valence-electron chi connectivity index (χ4n) is 1.77. The monoisotopic (exact) mass is 187 g/mol. The molecule has 3 nitrogen and oxygen atoms in total. The second-order valence-corrected chi connectivity index (χ2v) is 4.11. The van der Waals surface area contributed by atoms with E-state index in [0.717, 1.165) is 19.4 Å². The topological polar surface area (TPSA) is 52.5 Å². The molecule has 1 aliphatic rings. The number of aliphatic hydroxyl groups excluding tert-OH is 2. The molecule has 13 heavy (non-hydrogen) atoms. The zero-order valence-corrected chi connectivity index (χ0v) is 8.37. The normalized spacial score (nSPS) is 28.4. The highest BCUT2D eigenvalue weighted by Gasteiger charge is 2.20. The number of aliphatic hydroxyl groups is 2. The van der Waals surface area contributed by atoms with Gasteiger partial charge in [0.1, 0.15) is 0 Å². The lowest BCUT2D eigenvalue weighted by molar-refractivity contribution is 0.0595. The first-order chi connectivity index (χ1) is 6.24. The van der Waals surface area contributed by atoms with E-state index in [0.29, 0.717) is 6.04 Å². The van der Waals surface area contributed by atoms with Gasteiger partial charge in [-0.1, -0.05) is 13.3 Å². The molecule has 0 aromatic carbocycles. The number of piperidine rings is 1. The van der Waals surface area contributed by atoms with Crippen LogP contribution < -0.4 is 5.32 Å². The maximum Gasteiger partial charge on any atom is 0.0602 e. The first-order valence-electron chi connectivity index (χ1n) is 5.26. The predicted molar refractivity (Wildman–Crippen MR) is 52.5 cm³/mol. The molecule has 1 heterocycles. The lowest BCUT2D eigenvalue weighted by Crippen LogP contribution is -2.38. The lowest BCUT2D eigenvalue weighted by Gasteiger charge is -2.27. The molecule has 0 spiro atoms. The Bertz CT molecular complexity index is 135. The third-order valence-electron chi connectivity index (χ3n) is 2.88. The number of nitrogens with one attached hydrogen (secondary N) is 1. The molecule has 78 valence electrons. The van der Waals surface area contributed by atoms with Crippen molar-refractivity contribution >= 4 is 0 Å². The van der Waals surface area contributed by atoms with Crippen molar-refractivity contribution < 1.29 is 10.2 Å². The SMILES string of the molecule is CC(CO)C(O)CC1CCCCN1. The molecule has 0 saturated carbocycles. The average molecular weight is 187 g/mol. The van der Waals surface area contributed by atoms with Gasteiger partial charge in [0.15, 0.2) is 0 Å². The number of hydrogen-bond donors (Lipinski definition) is 3. The van der Waals surface area contributed by atoms with Crippen LogP contribution in [0.25, 0.3) is 0 Å². The van der Waals surface area contributed by atoms with Gasteiger partial charge in [0.2, 0.25) is 0 Å².